The number of aryl methyl sites for hydroxylation is 1. The Morgan fingerprint density at radius 3 is 2.69 bits per heavy atom. The van der Waals surface area contributed by atoms with E-state index in [9.17, 15) is 13.2 Å². The van der Waals surface area contributed by atoms with Gasteiger partial charge in [0.15, 0.2) is 17.0 Å². The number of aromatic nitrogens is 5. The first-order valence-electron chi connectivity index (χ1n) is 8.56. The summed E-state index contributed by atoms with van der Waals surface area (Å²) in [6.45, 7) is -1.21. The molecule has 0 atom stereocenters. The Labute approximate surface area is 163 Å². The van der Waals surface area contributed by atoms with Gasteiger partial charge in [-0.3, -0.25) is 4.98 Å². The molecule has 3 heterocycles. The van der Waals surface area contributed by atoms with Crippen molar-refractivity contribution in [3.8, 4) is 17.1 Å². The second-order valence-corrected chi connectivity index (χ2v) is 6.23. The highest BCUT2D eigenvalue weighted by atomic mass is 19.3. The highest BCUT2D eigenvalue weighted by molar-refractivity contribution is 5.85. The van der Waals surface area contributed by atoms with Crippen LogP contribution in [0.2, 0.25) is 0 Å². The Morgan fingerprint density at radius 1 is 1.14 bits per heavy atom. The Bertz CT molecular complexity index is 1190. The molecule has 0 fully saturated rings. The van der Waals surface area contributed by atoms with Crippen molar-refractivity contribution in [3.05, 3.63) is 59.9 Å². The predicted octanol–water partition coefficient (Wildman–Crippen LogP) is 3.57. The Kier molecular flexibility index (Phi) is 4.75. The van der Waals surface area contributed by atoms with Crippen LogP contribution in [0.3, 0.4) is 0 Å². The molecular weight excluding hydrogens is 385 g/mol. The fraction of sp³-hybridized carbons (Fsp3) is 0.158. The first kappa shape index (κ1) is 18.7. The van der Waals surface area contributed by atoms with Crippen molar-refractivity contribution in [2.45, 2.75) is 20.1 Å². The van der Waals surface area contributed by atoms with Crippen LogP contribution in [0.4, 0.5) is 19.0 Å². The number of imidazole rings is 1. The molecule has 2 N–H and O–H groups in total. The number of pyridine rings is 1. The number of benzene rings is 1. The third-order valence-corrected chi connectivity index (χ3v) is 4.21. The lowest BCUT2D eigenvalue weighted by atomic mass is 10.2. The Balaban J connectivity index is 1.92. The summed E-state index contributed by atoms with van der Waals surface area (Å²) in [7, 11) is 0. The van der Waals surface area contributed by atoms with Crippen molar-refractivity contribution in [2.75, 3.05) is 5.73 Å². The quantitative estimate of drug-likeness (QED) is 0.551. The van der Waals surface area contributed by atoms with Crippen LogP contribution in [0.5, 0.6) is 5.75 Å². The molecule has 0 bridgehead atoms. The van der Waals surface area contributed by atoms with E-state index in [0.717, 1.165) is 6.20 Å². The third-order valence-electron chi connectivity index (χ3n) is 4.21. The molecule has 0 saturated heterocycles. The van der Waals surface area contributed by atoms with Crippen molar-refractivity contribution in [1.29, 1.82) is 0 Å². The van der Waals surface area contributed by atoms with E-state index in [2.05, 4.69) is 24.7 Å². The smallest absolute Gasteiger partial charge is 0.387 e. The Morgan fingerprint density at radius 2 is 1.93 bits per heavy atom. The van der Waals surface area contributed by atoms with Crippen LogP contribution in [0.15, 0.2) is 42.7 Å². The number of nitrogens with zero attached hydrogens (tertiary/aromatic N) is 5. The van der Waals surface area contributed by atoms with Gasteiger partial charge in [-0.15, -0.1) is 0 Å². The number of anilines is 1. The fourth-order valence-electron chi connectivity index (χ4n) is 3.06. The zero-order valence-electron chi connectivity index (χ0n) is 15.2. The third kappa shape index (κ3) is 3.68. The lowest BCUT2D eigenvalue weighted by Gasteiger charge is -2.13. The summed E-state index contributed by atoms with van der Waals surface area (Å²) < 4.78 is 45.6. The van der Waals surface area contributed by atoms with Crippen LogP contribution < -0.4 is 10.5 Å². The summed E-state index contributed by atoms with van der Waals surface area (Å²) in [5.74, 6) is 0.376. The van der Waals surface area contributed by atoms with Gasteiger partial charge in [0.2, 0.25) is 0 Å². The van der Waals surface area contributed by atoms with E-state index in [-0.39, 0.29) is 18.1 Å². The summed E-state index contributed by atoms with van der Waals surface area (Å²) >= 11 is 0. The second-order valence-electron chi connectivity index (χ2n) is 6.23. The lowest BCUT2D eigenvalue weighted by Crippen LogP contribution is -2.09. The number of para-hydroxylation sites is 1. The highest BCUT2D eigenvalue weighted by Crippen LogP contribution is 2.29. The maximum Gasteiger partial charge on any atom is 0.387 e. The van der Waals surface area contributed by atoms with E-state index in [1.54, 1.807) is 29.7 Å². The molecule has 0 saturated carbocycles. The monoisotopic (exact) mass is 400 g/mol. The molecule has 10 heteroatoms. The maximum absolute atomic E-state index is 13.8. The van der Waals surface area contributed by atoms with Crippen molar-refractivity contribution in [2.24, 2.45) is 0 Å². The van der Waals surface area contributed by atoms with E-state index < -0.39 is 12.4 Å². The largest absolute Gasteiger partial charge is 0.434 e. The van der Waals surface area contributed by atoms with Gasteiger partial charge in [-0.05, 0) is 19.1 Å². The minimum absolute atomic E-state index is 0.0198. The van der Waals surface area contributed by atoms with Gasteiger partial charge in [-0.1, -0.05) is 18.2 Å². The molecule has 3 aromatic heterocycles. The summed E-state index contributed by atoms with van der Waals surface area (Å²) in [6.07, 6.45) is 2.51. The predicted molar refractivity (Wildman–Crippen MR) is 99.8 cm³/mol. The lowest BCUT2D eigenvalue weighted by molar-refractivity contribution is -0.0504. The zero-order chi connectivity index (χ0) is 20.5. The van der Waals surface area contributed by atoms with Crippen molar-refractivity contribution in [3.63, 3.8) is 0 Å². The molecule has 0 radical (unpaired) electrons. The van der Waals surface area contributed by atoms with E-state index in [4.69, 9.17) is 5.73 Å². The van der Waals surface area contributed by atoms with Crippen LogP contribution in [-0.4, -0.2) is 31.1 Å². The number of hydrogen-bond donors (Lipinski definition) is 1. The molecular formula is C19H15F3N6O. The van der Waals surface area contributed by atoms with Gasteiger partial charge < -0.3 is 15.0 Å². The Hall–Kier alpha value is -3.69. The topological polar surface area (TPSA) is 91.7 Å². The van der Waals surface area contributed by atoms with E-state index in [1.807, 2.05) is 0 Å². The molecule has 4 rings (SSSR count). The van der Waals surface area contributed by atoms with E-state index in [0.29, 0.717) is 33.9 Å². The molecule has 148 valence electrons. The second kappa shape index (κ2) is 7.38. The van der Waals surface area contributed by atoms with Gasteiger partial charge in [0.05, 0.1) is 12.7 Å². The number of ether oxygens (including phenoxy) is 1. The normalized spacial score (nSPS) is 11.3. The molecule has 4 aromatic rings. The van der Waals surface area contributed by atoms with Gasteiger partial charge in [0, 0.05) is 17.3 Å². The molecule has 0 amide bonds. The van der Waals surface area contributed by atoms with Crippen LogP contribution in [0.25, 0.3) is 22.6 Å². The fourth-order valence-corrected chi connectivity index (χ4v) is 3.06. The summed E-state index contributed by atoms with van der Waals surface area (Å²) in [5.41, 5.74) is 7.55. The zero-order valence-corrected chi connectivity index (χ0v) is 15.2. The highest BCUT2D eigenvalue weighted by Gasteiger charge is 2.20. The number of hydrogen-bond acceptors (Lipinski definition) is 6. The summed E-state index contributed by atoms with van der Waals surface area (Å²) in [4.78, 5) is 16.8. The molecule has 1 aromatic carbocycles. The van der Waals surface area contributed by atoms with Gasteiger partial charge in [-0.2, -0.15) is 8.78 Å². The molecule has 0 aliphatic heterocycles. The van der Waals surface area contributed by atoms with Crippen LogP contribution in [0, 0.1) is 12.7 Å². The van der Waals surface area contributed by atoms with E-state index in [1.165, 1.54) is 18.3 Å². The summed E-state index contributed by atoms with van der Waals surface area (Å²) in [6, 6.07) is 7.65. The number of alkyl halides is 2. The van der Waals surface area contributed by atoms with Crippen LogP contribution in [-0.2, 0) is 6.54 Å². The van der Waals surface area contributed by atoms with Gasteiger partial charge in [0.1, 0.15) is 23.2 Å². The molecule has 0 aliphatic rings. The number of fused-ring (bicyclic) bond motifs is 1. The van der Waals surface area contributed by atoms with E-state index >= 15 is 0 Å². The molecule has 29 heavy (non-hydrogen) atoms. The number of nitrogen functional groups attached to an aromatic ring is 1. The molecule has 0 aliphatic carbocycles. The number of rotatable bonds is 5. The van der Waals surface area contributed by atoms with Crippen molar-refractivity contribution in [1.82, 2.24) is 24.5 Å². The van der Waals surface area contributed by atoms with Gasteiger partial charge >= 0.3 is 6.61 Å². The maximum atomic E-state index is 13.8. The standard InChI is InChI=1S/C19H15F3N6O/c1-10-25-16(23)15-18(26-10)28(17(27-15)12-6-13(20)8-24-7-12)9-11-4-2-3-5-14(11)29-19(21)22/h2-8,19H,9H2,1H3,(H2,23,25,26). The minimum Gasteiger partial charge on any atom is -0.434 e. The molecule has 0 spiro atoms. The first-order valence-corrected chi connectivity index (χ1v) is 8.56. The molecule has 0 unspecified atom stereocenters. The van der Waals surface area contributed by atoms with Crippen LogP contribution in [0.1, 0.15) is 11.4 Å². The van der Waals surface area contributed by atoms with Gasteiger partial charge in [-0.25, -0.2) is 19.3 Å². The summed E-state index contributed by atoms with van der Waals surface area (Å²) in [5, 5.41) is 0. The van der Waals surface area contributed by atoms with Crippen LogP contribution >= 0.6 is 0 Å². The van der Waals surface area contributed by atoms with Crippen molar-refractivity contribution >= 4 is 17.0 Å². The average molecular weight is 400 g/mol. The number of halogens is 3. The minimum atomic E-state index is -2.97. The first-order chi connectivity index (χ1) is 13.9. The average Bonchev–Trinajstić information content (AvgIpc) is 3.02. The van der Waals surface area contributed by atoms with Crippen molar-refractivity contribution < 1.29 is 17.9 Å². The SMILES string of the molecule is Cc1nc(N)c2nc(-c3cncc(F)c3)n(Cc3ccccc3OC(F)F)c2n1. The molecule has 7 nitrogen and oxygen atoms in total. The number of nitrogens with two attached hydrogens (primary N) is 1. The van der Waals surface area contributed by atoms with Gasteiger partial charge in [0.25, 0.3) is 0 Å².